The van der Waals surface area contributed by atoms with Gasteiger partial charge in [-0.1, -0.05) is 23.9 Å². The van der Waals surface area contributed by atoms with Crippen molar-refractivity contribution in [2.45, 2.75) is 20.5 Å². The van der Waals surface area contributed by atoms with Crippen molar-refractivity contribution in [3.05, 3.63) is 59.6 Å². The molecular formula is C20H24N4O5S. The fourth-order valence-corrected chi connectivity index (χ4v) is 4.12. The number of nitrogens with one attached hydrogen (secondary N) is 1. The van der Waals surface area contributed by atoms with Crippen LogP contribution in [0.5, 0.6) is 5.88 Å². The highest BCUT2D eigenvalue weighted by molar-refractivity contribution is 7.91. The van der Waals surface area contributed by atoms with Gasteiger partial charge in [0.15, 0.2) is 9.84 Å². The third-order valence-electron chi connectivity index (χ3n) is 4.76. The average molecular weight is 433 g/mol. The molecule has 1 amide bonds. The number of hydrazine groups is 1. The second-order valence-electron chi connectivity index (χ2n) is 6.77. The largest absolute Gasteiger partial charge is 0.473 e. The Morgan fingerprint density at radius 1 is 1.37 bits per heavy atom. The first-order valence-electron chi connectivity index (χ1n) is 9.42. The summed E-state index contributed by atoms with van der Waals surface area (Å²) in [7, 11) is -3.00. The molecule has 0 unspecified atom stereocenters. The standard InChI is InChI=1S/C20H24N4O5S/c1-4-15(5-2)19-17(14(3)29-23-19)13-28-18-7-6-16(12-21-18)20(25)22-24-8-10-30(26,27)11-9-24/h4-7,12H,1,8-11,13H2,2-3H3,(H,22,25)/b15-5+. The van der Waals surface area contributed by atoms with Crippen LogP contribution in [-0.2, 0) is 16.4 Å². The molecular weight excluding hydrogens is 408 g/mol. The van der Waals surface area contributed by atoms with E-state index in [2.05, 4.69) is 22.1 Å². The molecule has 10 heteroatoms. The fourth-order valence-electron chi connectivity index (χ4n) is 2.92. The summed E-state index contributed by atoms with van der Waals surface area (Å²) in [4.78, 5) is 16.5. The molecule has 160 valence electrons. The Kier molecular flexibility index (Phi) is 6.68. The van der Waals surface area contributed by atoms with Crippen LogP contribution in [0.4, 0.5) is 0 Å². The highest BCUT2D eigenvalue weighted by Crippen LogP contribution is 2.23. The summed E-state index contributed by atoms with van der Waals surface area (Å²) in [6.07, 6.45) is 5.00. The van der Waals surface area contributed by atoms with Crippen molar-refractivity contribution < 1.29 is 22.5 Å². The van der Waals surface area contributed by atoms with Crippen LogP contribution in [-0.4, -0.2) is 54.1 Å². The zero-order chi connectivity index (χ0) is 21.7. The van der Waals surface area contributed by atoms with Crippen molar-refractivity contribution in [1.29, 1.82) is 0 Å². The normalized spacial score (nSPS) is 16.8. The van der Waals surface area contributed by atoms with E-state index in [4.69, 9.17) is 9.26 Å². The first-order chi connectivity index (χ1) is 14.3. The third-order valence-corrected chi connectivity index (χ3v) is 6.37. The molecule has 0 bridgehead atoms. The maximum Gasteiger partial charge on any atom is 0.267 e. The van der Waals surface area contributed by atoms with Crippen molar-refractivity contribution in [2.75, 3.05) is 24.6 Å². The van der Waals surface area contributed by atoms with Gasteiger partial charge in [0.1, 0.15) is 18.1 Å². The summed E-state index contributed by atoms with van der Waals surface area (Å²) in [5.74, 6) is 0.704. The molecule has 3 heterocycles. The van der Waals surface area contributed by atoms with Gasteiger partial charge in [-0.3, -0.25) is 10.2 Å². The van der Waals surface area contributed by atoms with Gasteiger partial charge in [-0.2, -0.15) is 0 Å². The van der Waals surface area contributed by atoms with Gasteiger partial charge in [0, 0.05) is 25.4 Å². The molecule has 0 radical (unpaired) electrons. The summed E-state index contributed by atoms with van der Waals surface area (Å²) in [5.41, 5.74) is 5.36. The first kappa shape index (κ1) is 21.7. The van der Waals surface area contributed by atoms with Crippen LogP contribution in [0.2, 0.25) is 0 Å². The van der Waals surface area contributed by atoms with Crippen molar-refractivity contribution in [3.63, 3.8) is 0 Å². The van der Waals surface area contributed by atoms with Crippen LogP contribution in [0.3, 0.4) is 0 Å². The van der Waals surface area contributed by atoms with E-state index in [1.54, 1.807) is 30.1 Å². The molecule has 0 spiro atoms. The molecule has 1 aliphatic rings. The Hall–Kier alpha value is -2.98. The van der Waals surface area contributed by atoms with Gasteiger partial charge in [-0.25, -0.2) is 18.4 Å². The second kappa shape index (κ2) is 9.23. The number of aromatic nitrogens is 2. The number of pyridine rings is 1. The lowest BCUT2D eigenvalue weighted by atomic mass is 10.1. The molecule has 3 rings (SSSR count). The number of carbonyl (C=O) groups is 1. The molecule has 0 atom stereocenters. The topological polar surface area (TPSA) is 115 Å². The summed E-state index contributed by atoms with van der Waals surface area (Å²) in [5, 5.41) is 5.66. The van der Waals surface area contributed by atoms with E-state index in [1.165, 1.54) is 6.20 Å². The Morgan fingerprint density at radius 3 is 2.70 bits per heavy atom. The summed E-state index contributed by atoms with van der Waals surface area (Å²) >= 11 is 0. The van der Waals surface area contributed by atoms with Gasteiger partial charge in [0.05, 0.1) is 22.6 Å². The van der Waals surface area contributed by atoms with Gasteiger partial charge in [0.2, 0.25) is 5.88 Å². The summed E-state index contributed by atoms with van der Waals surface area (Å²) < 4.78 is 33.9. The van der Waals surface area contributed by atoms with E-state index in [-0.39, 0.29) is 37.1 Å². The number of carbonyl (C=O) groups excluding carboxylic acids is 1. The number of allylic oxidation sites excluding steroid dienone is 3. The smallest absolute Gasteiger partial charge is 0.267 e. The Bertz CT molecular complexity index is 1040. The minimum Gasteiger partial charge on any atom is -0.473 e. The number of aryl methyl sites for hydroxylation is 1. The number of sulfone groups is 1. The van der Waals surface area contributed by atoms with Gasteiger partial charge in [-0.05, 0) is 25.5 Å². The van der Waals surface area contributed by atoms with E-state index >= 15 is 0 Å². The van der Waals surface area contributed by atoms with Crippen LogP contribution in [0.25, 0.3) is 5.57 Å². The van der Waals surface area contributed by atoms with Gasteiger partial charge in [-0.15, -0.1) is 0 Å². The highest BCUT2D eigenvalue weighted by Gasteiger charge is 2.23. The number of ether oxygens (including phenoxy) is 1. The molecule has 1 N–H and O–H groups in total. The van der Waals surface area contributed by atoms with Gasteiger partial charge in [0.25, 0.3) is 5.91 Å². The molecule has 30 heavy (non-hydrogen) atoms. The lowest BCUT2D eigenvalue weighted by Crippen LogP contribution is -2.50. The van der Waals surface area contributed by atoms with Crippen molar-refractivity contribution >= 4 is 21.3 Å². The molecule has 9 nitrogen and oxygen atoms in total. The molecule has 0 aliphatic carbocycles. The van der Waals surface area contributed by atoms with Crippen LogP contribution < -0.4 is 10.2 Å². The zero-order valence-electron chi connectivity index (χ0n) is 16.9. The van der Waals surface area contributed by atoms with Crippen molar-refractivity contribution in [3.8, 4) is 5.88 Å². The van der Waals surface area contributed by atoms with E-state index in [0.717, 1.165) is 11.1 Å². The highest BCUT2D eigenvalue weighted by atomic mass is 32.2. The predicted molar refractivity (Wildman–Crippen MR) is 111 cm³/mol. The quantitative estimate of drug-likeness (QED) is 0.660. The maximum atomic E-state index is 12.3. The van der Waals surface area contributed by atoms with Crippen LogP contribution >= 0.6 is 0 Å². The number of nitrogens with zero attached hydrogens (tertiary/aromatic N) is 3. The van der Waals surface area contributed by atoms with Crippen LogP contribution in [0.15, 0.2) is 41.6 Å². The van der Waals surface area contributed by atoms with Crippen LogP contribution in [0, 0.1) is 6.92 Å². The first-order valence-corrected chi connectivity index (χ1v) is 11.2. The lowest BCUT2D eigenvalue weighted by Gasteiger charge is -2.26. The summed E-state index contributed by atoms with van der Waals surface area (Å²) in [6, 6.07) is 3.20. The summed E-state index contributed by atoms with van der Waals surface area (Å²) in [6.45, 7) is 8.21. The molecule has 0 aromatic carbocycles. The predicted octanol–water partition coefficient (Wildman–Crippen LogP) is 1.92. The minimum atomic E-state index is -3.00. The van der Waals surface area contributed by atoms with E-state index < -0.39 is 9.84 Å². The Labute approximate surface area is 175 Å². The third kappa shape index (κ3) is 5.14. The SMILES string of the molecule is C=C/C(=C\C)c1noc(C)c1COc1ccc(C(=O)NN2CCS(=O)(=O)CC2)cn1. The second-order valence-corrected chi connectivity index (χ2v) is 9.07. The van der Waals surface area contributed by atoms with Gasteiger partial charge >= 0.3 is 0 Å². The maximum absolute atomic E-state index is 12.3. The number of rotatable bonds is 7. The Morgan fingerprint density at radius 2 is 2.10 bits per heavy atom. The van der Waals surface area contributed by atoms with E-state index in [9.17, 15) is 13.2 Å². The minimum absolute atomic E-state index is 0.0311. The monoisotopic (exact) mass is 432 g/mol. The zero-order valence-corrected chi connectivity index (χ0v) is 17.7. The van der Waals surface area contributed by atoms with E-state index in [0.29, 0.717) is 22.9 Å². The molecule has 1 saturated heterocycles. The lowest BCUT2D eigenvalue weighted by molar-refractivity contribution is 0.0801. The molecule has 2 aromatic rings. The number of hydrogen-bond acceptors (Lipinski definition) is 8. The number of hydrogen-bond donors (Lipinski definition) is 1. The molecule has 2 aromatic heterocycles. The van der Waals surface area contributed by atoms with Crippen LogP contribution in [0.1, 0.15) is 34.3 Å². The number of amides is 1. The van der Waals surface area contributed by atoms with Crippen molar-refractivity contribution in [1.82, 2.24) is 20.6 Å². The van der Waals surface area contributed by atoms with E-state index in [1.807, 2.05) is 13.0 Å². The average Bonchev–Trinajstić information content (AvgIpc) is 3.09. The Balaban J connectivity index is 1.60. The fraction of sp³-hybridized carbons (Fsp3) is 0.350. The molecule has 1 aliphatic heterocycles. The molecule has 0 saturated carbocycles. The van der Waals surface area contributed by atoms with Gasteiger partial charge < -0.3 is 9.26 Å². The van der Waals surface area contributed by atoms with Crippen molar-refractivity contribution in [2.24, 2.45) is 0 Å². The molecule has 1 fully saturated rings.